The van der Waals surface area contributed by atoms with E-state index in [9.17, 15) is 0 Å². The van der Waals surface area contributed by atoms with Gasteiger partial charge in [0.15, 0.2) is 0 Å². The van der Waals surface area contributed by atoms with Gasteiger partial charge in [-0.2, -0.15) is 5.10 Å². The van der Waals surface area contributed by atoms with Crippen LogP contribution in [0.2, 0.25) is 0 Å². The number of ether oxygens (including phenoxy) is 2. The van der Waals surface area contributed by atoms with Crippen LogP contribution in [0.15, 0.2) is 16.3 Å². The Kier molecular flexibility index (Phi) is 59.6. The molecule has 1 aromatic heterocycles. The molecule has 1 N–H and O–H groups in total. The molecule has 6 rings (SSSR count). The van der Waals surface area contributed by atoms with E-state index in [0.29, 0.717) is 11.8 Å². The quantitative estimate of drug-likeness (QED) is 0.310. The molecule has 4 fully saturated rings. The second kappa shape index (κ2) is 50.5. The van der Waals surface area contributed by atoms with Crippen molar-refractivity contribution in [2.24, 2.45) is 63.2 Å². The summed E-state index contributed by atoms with van der Waals surface area (Å²) >= 11 is 0. The minimum absolute atomic E-state index is 0.456. The second-order valence-corrected chi connectivity index (χ2v) is 15.5. The Morgan fingerprint density at radius 1 is 0.509 bits per heavy atom. The van der Waals surface area contributed by atoms with Gasteiger partial charge in [0.05, 0.1) is 19.8 Å². The Hall–Kier alpha value is -1.60. The third-order valence-electron chi connectivity index (χ3n) is 9.76. The standard InChI is InChI=1S/C7H14O.2C7H14.C6H10N2.C6H12O.C5H9N3.6C2H6/c1-6(2)7-3-4-8-5-7;2*1-6(2)7-4-3-5-7;1-5(2)6-7-3-4-8-6;1-5(2)6-3-7-4-6;1-4(2)5-6-3-7-8-5;6*1-2/h6-7H,3-5H2,1-2H3;2*6-7H,3-5H2,1-2H3;3,5H,4H2,1-2H3;5-6H,3-4H2,1-2H3;3-4H,1-2H3,(H,6,7,8);6*1-2H3. The number of aliphatic imine (C=N–C) groups is 2. The zero-order valence-electron chi connectivity index (χ0n) is 43.5. The van der Waals surface area contributed by atoms with Gasteiger partial charge in [-0.05, 0) is 47.8 Å². The first-order valence-electron chi connectivity index (χ1n) is 24.4. The molecule has 3 aliphatic heterocycles. The highest BCUT2D eigenvalue weighted by Crippen LogP contribution is 2.33. The van der Waals surface area contributed by atoms with Crippen LogP contribution in [-0.4, -0.2) is 60.2 Å². The first kappa shape index (κ1) is 67.2. The fourth-order valence-electron chi connectivity index (χ4n) is 5.06. The number of H-pyrrole nitrogens is 1. The SMILES string of the molecule is CC.CC.CC.CC.CC.CC.CC(C)C1=NCC=N1.CC(C)C1CCC1.CC(C)C1CCC1.CC(C)C1CCOC1.CC(C)C1COC1.CC(C)c1ncn[nH]1. The molecule has 2 saturated heterocycles. The molecule has 7 nitrogen and oxygen atoms in total. The van der Waals surface area contributed by atoms with Crippen LogP contribution < -0.4 is 0 Å². The number of aromatic amines is 1. The van der Waals surface area contributed by atoms with Gasteiger partial charge in [0.1, 0.15) is 18.0 Å². The Morgan fingerprint density at radius 2 is 0.912 bits per heavy atom. The van der Waals surface area contributed by atoms with E-state index in [2.05, 4.69) is 108 Å². The minimum atomic E-state index is 0.456. The Labute approximate surface area is 361 Å². The minimum Gasteiger partial charge on any atom is -0.381 e. The van der Waals surface area contributed by atoms with Gasteiger partial charge in [0.2, 0.25) is 0 Å². The Bertz CT molecular complexity index is 834. The molecule has 2 saturated carbocycles. The van der Waals surface area contributed by atoms with E-state index in [4.69, 9.17) is 9.47 Å². The lowest BCUT2D eigenvalue weighted by molar-refractivity contribution is -0.0534. The molecule has 0 radical (unpaired) electrons. The monoisotopic (exact) mass is 812 g/mol. The van der Waals surface area contributed by atoms with Crippen LogP contribution in [0.1, 0.15) is 223 Å². The van der Waals surface area contributed by atoms with Crippen LogP contribution in [0.4, 0.5) is 0 Å². The van der Waals surface area contributed by atoms with Crippen molar-refractivity contribution in [3.05, 3.63) is 12.2 Å². The average molecular weight is 812 g/mol. The van der Waals surface area contributed by atoms with Crippen LogP contribution in [0.25, 0.3) is 0 Å². The summed E-state index contributed by atoms with van der Waals surface area (Å²) in [5.41, 5.74) is 0. The summed E-state index contributed by atoms with van der Waals surface area (Å²) in [6.07, 6.45) is 13.6. The molecular weight excluding hydrogens is 703 g/mol. The van der Waals surface area contributed by atoms with Gasteiger partial charge in [-0.15, -0.1) is 0 Å². The van der Waals surface area contributed by atoms with Crippen LogP contribution in [0.5, 0.6) is 0 Å². The third kappa shape index (κ3) is 39.6. The van der Waals surface area contributed by atoms with E-state index in [0.717, 1.165) is 92.0 Å². The zero-order valence-corrected chi connectivity index (χ0v) is 43.5. The van der Waals surface area contributed by atoms with Crippen molar-refractivity contribution >= 4 is 12.1 Å². The summed E-state index contributed by atoms with van der Waals surface area (Å²) < 4.78 is 10.2. The number of rotatable bonds is 6. The van der Waals surface area contributed by atoms with E-state index >= 15 is 0 Å². The molecule has 0 bridgehead atoms. The maximum atomic E-state index is 5.22. The average Bonchev–Trinajstić information content (AvgIpc) is 3.97. The summed E-state index contributed by atoms with van der Waals surface area (Å²) in [7, 11) is 0. The lowest BCUT2D eigenvalue weighted by Gasteiger charge is -2.29. The van der Waals surface area contributed by atoms with E-state index < -0.39 is 0 Å². The predicted octanol–water partition coefficient (Wildman–Crippen LogP) is 16.1. The molecule has 7 heteroatoms. The zero-order chi connectivity index (χ0) is 45.8. The molecule has 1 unspecified atom stereocenters. The molecule has 57 heavy (non-hydrogen) atoms. The van der Waals surface area contributed by atoms with Gasteiger partial charge in [-0.1, -0.05) is 205 Å². The van der Waals surface area contributed by atoms with Crippen LogP contribution in [0, 0.1) is 53.3 Å². The van der Waals surface area contributed by atoms with Crippen molar-refractivity contribution in [1.29, 1.82) is 0 Å². The number of amidine groups is 1. The number of aromatic nitrogens is 3. The first-order valence-corrected chi connectivity index (χ1v) is 24.4. The maximum absolute atomic E-state index is 5.22. The van der Waals surface area contributed by atoms with Crippen molar-refractivity contribution < 1.29 is 9.47 Å². The van der Waals surface area contributed by atoms with E-state index in [1.165, 1.54) is 51.3 Å². The van der Waals surface area contributed by atoms with E-state index in [-0.39, 0.29) is 0 Å². The summed E-state index contributed by atoms with van der Waals surface area (Å²) in [5.74, 6) is 10.3. The second-order valence-electron chi connectivity index (χ2n) is 15.5. The van der Waals surface area contributed by atoms with Crippen molar-refractivity contribution in [2.45, 2.75) is 217 Å². The summed E-state index contributed by atoms with van der Waals surface area (Å²) in [6.45, 7) is 55.4. The van der Waals surface area contributed by atoms with Gasteiger partial charge in [-0.25, -0.2) is 9.98 Å². The fraction of sp³-hybridized carbons (Fsp3) is 0.920. The highest BCUT2D eigenvalue weighted by Gasteiger charge is 2.22. The largest absolute Gasteiger partial charge is 0.381 e. The summed E-state index contributed by atoms with van der Waals surface area (Å²) in [6, 6.07) is 0. The molecule has 346 valence electrons. The molecule has 0 aromatic carbocycles. The van der Waals surface area contributed by atoms with Gasteiger partial charge >= 0.3 is 0 Å². The molecule has 5 aliphatic rings. The van der Waals surface area contributed by atoms with Crippen LogP contribution >= 0.6 is 0 Å². The lowest BCUT2D eigenvalue weighted by atomic mass is 9.78. The number of hydrogen-bond donors (Lipinski definition) is 1. The highest BCUT2D eigenvalue weighted by atomic mass is 16.5. The van der Waals surface area contributed by atoms with Crippen molar-refractivity contribution in [3.63, 3.8) is 0 Å². The first-order chi connectivity index (χ1) is 27.3. The van der Waals surface area contributed by atoms with Crippen LogP contribution in [-0.2, 0) is 9.47 Å². The van der Waals surface area contributed by atoms with Crippen molar-refractivity contribution in [1.82, 2.24) is 15.2 Å². The number of hydrogen-bond acceptors (Lipinski definition) is 6. The molecule has 1 aromatic rings. The topological polar surface area (TPSA) is 84.8 Å². The van der Waals surface area contributed by atoms with Crippen LogP contribution in [0.3, 0.4) is 0 Å². The normalized spacial score (nSPS) is 17.1. The lowest BCUT2D eigenvalue weighted by Crippen LogP contribution is -2.31. The molecule has 4 heterocycles. The summed E-state index contributed by atoms with van der Waals surface area (Å²) in [4.78, 5) is 12.1. The number of nitrogens with zero attached hydrogens (tertiary/aromatic N) is 4. The van der Waals surface area contributed by atoms with Gasteiger partial charge in [0.25, 0.3) is 0 Å². The van der Waals surface area contributed by atoms with E-state index in [1.807, 2.05) is 89.3 Å². The number of nitrogens with one attached hydrogen (secondary N) is 1. The fourth-order valence-corrected chi connectivity index (χ4v) is 5.06. The molecular formula is C50H109N5O2. The molecule has 0 amide bonds. The molecule has 0 spiro atoms. The van der Waals surface area contributed by atoms with E-state index in [1.54, 1.807) is 0 Å². The van der Waals surface area contributed by atoms with Gasteiger partial charge in [-0.3, -0.25) is 10.1 Å². The highest BCUT2D eigenvalue weighted by molar-refractivity contribution is 5.95. The smallest absolute Gasteiger partial charge is 0.137 e. The Balaban J connectivity index is -0.000000130. The third-order valence-corrected chi connectivity index (χ3v) is 9.76. The maximum Gasteiger partial charge on any atom is 0.137 e. The van der Waals surface area contributed by atoms with Crippen molar-refractivity contribution in [2.75, 3.05) is 33.0 Å². The van der Waals surface area contributed by atoms with Gasteiger partial charge in [0, 0.05) is 37.2 Å². The molecule has 1 atom stereocenters. The van der Waals surface area contributed by atoms with Crippen molar-refractivity contribution in [3.8, 4) is 0 Å². The predicted molar refractivity (Wildman–Crippen MR) is 261 cm³/mol. The van der Waals surface area contributed by atoms with Gasteiger partial charge < -0.3 is 9.47 Å². The summed E-state index contributed by atoms with van der Waals surface area (Å²) in [5, 5.41) is 6.48. The molecule has 2 aliphatic carbocycles. The Morgan fingerprint density at radius 3 is 1.02 bits per heavy atom.